The summed E-state index contributed by atoms with van der Waals surface area (Å²) in [5.41, 5.74) is 0.445. The van der Waals surface area contributed by atoms with Crippen LogP contribution in [0.3, 0.4) is 0 Å². The van der Waals surface area contributed by atoms with Crippen LogP contribution in [0.1, 0.15) is 35.9 Å². The van der Waals surface area contributed by atoms with Crippen LogP contribution in [0.15, 0.2) is 71.8 Å². The SMILES string of the molecule is CC(C)n1nc(C(=O)NCc2ccc(Oc3cccnc3)c(F)c2)c2ccccc2c1=O. The van der Waals surface area contributed by atoms with Crippen molar-refractivity contribution in [1.82, 2.24) is 20.1 Å². The second kappa shape index (κ2) is 8.97. The molecule has 0 spiro atoms. The number of fused-ring (bicyclic) bond motifs is 1. The van der Waals surface area contributed by atoms with Crippen molar-refractivity contribution in [3.05, 3.63) is 94.4 Å². The quantitative estimate of drug-likeness (QED) is 0.493. The Balaban J connectivity index is 1.54. The molecule has 1 amide bonds. The van der Waals surface area contributed by atoms with Crippen molar-refractivity contribution in [3.8, 4) is 11.5 Å². The number of hydrogen-bond donors (Lipinski definition) is 1. The van der Waals surface area contributed by atoms with Crippen LogP contribution in [0, 0.1) is 5.82 Å². The van der Waals surface area contributed by atoms with E-state index < -0.39 is 11.7 Å². The Kier molecular flexibility index (Phi) is 5.93. The van der Waals surface area contributed by atoms with Crippen molar-refractivity contribution in [3.63, 3.8) is 0 Å². The molecule has 0 aliphatic rings. The number of hydrogen-bond acceptors (Lipinski definition) is 5. The molecule has 0 saturated carbocycles. The molecule has 2 aromatic carbocycles. The third-order valence-electron chi connectivity index (χ3n) is 4.84. The molecule has 1 N–H and O–H groups in total. The molecule has 7 nitrogen and oxygen atoms in total. The van der Waals surface area contributed by atoms with Gasteiger partial charge < -0.3 is 10.1 Å². The minimum absolute atomic E-state index is 0.0600. The lowest BCUT2D eigenvalue weighted by Crippen LogP contribution is -2.31. The predicted octanol–water partition coefficient (Wildman–Crippen LogP) is 4.23. The van der Waals surface area contributed by atoms with E-state index in [2.05, 4.69) is 15.4 Å². The second-order valence-corrected chi connectivity index (χ2v) is 7.48. The summed E-state index contributed by atoms with van der Waals surface area (Å²) >= 11 is 0. The Morgan fingerprint density at radius 2 is 1.91 bits per heavy atom. The molecule has 0 unspecified atom stereocenters. The highest BCUT2D eigenvalue weighted by molar-refractivity contribution is 6.04. The Labute approximate surface area is 183 Å². The van der Waals surface area contributed by atoms with E-state index in [4.69, 9.17) is 4.74 Å². The first-order valence-corrected chi connectivity index (χ1v) is 10.1. The van der Waals surface area contributed by atoms with Gasteiger partial charge in [-0.3, -0.25) is 14.6 Å². The van der Waals surface area contributed by atoms with Crippen molar-refractivity contribution >= 4 is 16.7 Å². The van der Waals surface area contributed by atoms with Gasteiger partial charge in [-0.15, -0.1) is 0 Å². The molecule has 0 fully saturated rings. The van der Waals surface area contributed by atoms with Gasteiger partial charge in [0.05, 0.1) is 17.6 Å². The molecular weight excluding hydrogens is 411 g/mol. The van der Waals surface area contributed by atoms with Crippen LogP contribution in [0.2, 0.25) is 0 Å². The molecule has 162 valence electrons. The molecule has 32 heavy (non-hydrogen) atoms. The monoisotopic (exact) mass is 432 g/mol. The number of carbonyl (C=O) groups excluding carboxylic acids is 1. The summed E-state index contributed by atoms with van der Waals surface area (Å²) in [7, 11) is 0. The first kappa shape index (κ1) is 21.2. The third kappa shape index (κ3) is 4.34. The number of amides is 1. The van der Waals surface area contributed by atoms with E-state index in [-0.39, 0.29) is 29.6 Å². The van der Waals surface area contributed by atoms with Crippen LogP contribution >= 0.6 is 0 Å². The molecule has 2 heterocycles. The highest BCUT2D eigenvalue weighted by Crippen LogP contribution is 2.24. The highest BCUT2D eigenvalue weighted by atomic mass is 19.1. The van der Waals surface area contributed by atoms with Crippen LogP contribution < -0.4 is 15.6 Å². The van der Waals surface area contributed by atoms with Gasteiger partial charge >= 0.3 is 0 Å². The molecule has 0 saturated heterocycles. The average molecular weight is 432 g/mol. The average Bonchev–Trinajstić information content (AvgIpc) is 2.80. The summed E-state index contributed by atoms with van der Waals surface area (Å²) in [6, 6.07) is 14.5. The fraction of sp³-hybridized carbons (Fsp3) is 0.167. The first-order chi connectivity index (χ1) is 15.4. The fourth-order valence-electron chi connectivity index (χ4n) is 3.26. The molecule has 2 aromatic heterocycles. The van der Waals surface area contributed by atoms with Crippen LogP contribution in [-0.2, 0) is 6.54 Å². The minimum Gasteiger partial charge on any atom is -0.453 e. The minimum atomic E-state index is -0.558. The van der Waals surface area contributed by atoms with Gasteiger partial charge in [0.15, 0.2) is 17.3 Å². The highest BCUT2D eigenvalue weighted by Gasteiger charge is 2.18. The number of nitrogens with one attached hydrogen (secondary N) is 1. The van der Waals surface area contributed by atoms with E-state index in [0.717, 1.165) is 0 Å². The molecule has 0 aliphatic heterocycles. The van der Waals surface area contributed by atoms with Crippen molar-refractivity contribution in [2.45, 2.75) is 26.4 Å². The Morgan fingerprint density at radius 3 is 2.59 bits per heavy atom. The molecule has 0 atom stereocenters. The van der Waals surface area contributed by atoms with Crippen LogP contribution in [0.4, 0.5) is 4.39 Å². The van der Waals surface area contributed by atoms with Gasteiger partial charge in [0.1, 0.15) is 5.75 Å². The van der Waals surface area contributed by atoms with Gasteiger partial charge in [-0.05, 0) is 49.7 Å². The summed E-state index contributed by atoms with van der Waals surface area (Å²) < 4.78 is 21.2. The van der Waals surface area contributed by atoms with Crippen LogP contribution in [-0.4, -0.2) is 20.7 Å². The molecule has 4 aromatic rings. The zero-order valence-electron chi connectivity index (χ0n) is 17.6. The molecule has 0 bridgehead atoms. The van der Waals surface area contributed by atoms with Gasteiger partial charge in [-0.25, -0.2) is 9.07 Å². The lowest BCUT2D eigenvalue weighted by molar-refractivity contribution is 0.0945. The zero-order valence-corrected chi connectivity index (χ0v) is 17.6. The molecule has 0 radical (unpaired) electrons. The first-order valence-electron chi connectivity index (χ1n) is 10.1. The van der Waals surface area contributed by atoms with E-state index in [0.29, 0.717) is 22.1 Å². The van der Waals surface area contributed by atoms with Gasteiger partial charge in [0.25, 0.3) is 11.5 Å². The largest absolute Gasteiger partial charge is 0.453 e. The molecule has 0 aliphatic carbocycles. The number of carbonyl (C=O) groups is 1. The summed E-state index contributed by atoms with van der Waals surface area (Å²) in [4.78, 5) is 29.5. The Hall–Kier alpha value is -4.07. The van der Waals surface area contributed by atoms with Crippen LogP contribution in [0.25, 0.3) is 10.8 Å². The van der Waals surface area contributed by atoms with Gasteiger partial charge in [-0.2, -0.15) is 5.10 Å². The topological polar surface area (TPSA) is 86.1 Å². The maximum absolute atomic E-state index is 14.5. The second-order valence-electron chi connectivity index (χ2n) is 7.48. The number of halogens is 1. The van der Waals surface area contributed by atoms with Crippen molar-refractivity contribution in [2.24, 2.45) is 0 Å². The lowest BCUT2D eigenvalue weighted by Gasteiger charge is -2.13. The molecule has 4 rings (SSSR count). The smallest absolute Gasteiger partial charge is 0.274 e. The van der Waals surface area contributed by atoms with Gasteiger partial charge in [-0.1, -0.05) is 24.3 Å². The maximum Gasteiger partial charge on any atom is 0.274 e. The van der Waals surface area contributed by atoms with E-state index in [1.165, 1.54) is 23.0 Å². The Morgan fingerprint density at radius 1 is 1.12 bits per heavy atom. The van der Waals surface area contributed by atoms with E-state index in [9.17, 15) is 14.0 Å². The van der Waals surface area contributed by atoms with Gasteiger partial charge in [0.2, 0.25) is 0 Å². The standard InChI is InChI=1S/C24H21FN4O3/c1-15(2)29-24(31)19-8-4-3-7-18(19)22(28-29)23(30)27-13-16-9-10-21(20(25)12-16)32-17-6-5-11-26-14-17/h3-12,14-15H,13H2,1-2H3,(H,27,30). The Bertz CT molecular complexity index is 1340. The van der Waals surface area contributed by atoms with E-state index >= 15 is 0 Å². The van der Waals surface area contributed by atoms with E-state index in [1.807, 2.05) is 13.8 Å². The maximum atomic E-state index is 14.5. The summed E-state index contributed by atoms with van der Waals surface area (Å²) in [6.45, 7) is 3.73. The van der Waals surface area contributed by atoms with E-state index in [1.54, 1.807) is 48.7 Å². The molecular formula is C24H21FN4O3. The van der Waals surface area contributed by atoms with Gasteiger partial charge in [0, 0.05) is 18.1 Å². The normalized spacial score (nSPS) is 11.0. The number of benzene rings is 2. The van der Waals surface area contributed by atoms with Crippen molar-refractivity contribution < 1.29 is 13.9 Å². The predicted molar refractivity (Wildman–Crippen MR) is 118 cm³/mol. The third-order valence-corrected chi connectivity index (χ3v) is 4.84. The van der Waals surface area contributed by atoms with Crippen LogP contribution in [0.5, 0.6) is 11.5 Å². The van der Waals surface area contributed by atoms with Crippen molar-refractivity contribution in [1.29, 1.82) is 0 Å². The number of aromatic nitrogens is 3. The summed E-state index contributed by atoms with van der Waals surface area (Å²) in [5.74, 6) is -0.528. The molecule has 8 heteroatoms. The van der Waals surface area contributed by atoms with Crippen molar-refractivity contribution in [2.75, 3.05) is 0 Å². The number of ether oxygens (including phenoxy) is 1. The fourth-order valence-corrected chi connectivity index (χ4v) is 3.26. The summed E-state index contributed by atoms with van der Waals surface area (Å²) in [5, 5.41) is 7.93. The number of pyridine rings is 1. The zero-order chi connectivity index (χ0) is 22.7. The number of nitrogens with zero attached hydrogens (tertiary/aromatic N) is 3. The number of rotatable bonds is 6. The lowest BCUT2D eigenvalue weighted by atomic mass is 10.1. The summed E-state index contributed by atoms with van der Waals surface area (Å²) in [6.07, 6.45) is 3.09.